The molecule has 1 atom stereocenters. The molecule has 36 heavy (non-hydrogen) atoms. The first-order valence-corrected chi connectivity index (χ1v) is 12.6. The van der Waals surface area contributed by atoms with E-state index in [1.54, 1.807) is 30.3 Å². The van der Waals surface area contributed by atoms with Crippen LogP contribution in [-0.2, 0) is 16.2 Å². The monoisotopic (exact) mass is 535 g/mol. The summed E-state index contributed by atoms with van der Waals surface area (Å²) in [5, 5.41) is 13.5. The van der Waals surface area contributed by atoms with Crippen molar-refractivity contribution in [3.8, 4) is 5.75 Å². The third-order valence-corrected chi connectivity index (χ3v) is 7.48. The van der Waals surface area contributed by atoms with Crippen LogP contribution in [0.4, 0.5) is 5.69 Å². The highest BCUT2D eigenvalue weighted by Crippen LogP contribution is 2.44. The lowest BCUT2D eigenvalue weighted by molar-refractivity contribution is -0.132. The molecule has 0 saturated carbocycles. The fourth-order valence-electron chi connectivity index (χ4n) is 4.06. The van der Waals surface area contributed by atoms with Crippen LogP contribution in [0.5, 0.6) is 5.75 Å². The Bertz CT molecular complexity index is 1450. The van der Waals surface area contributed by atoms with Crippen molar-refractivity contribution < 1.29 is 19.4 Å². The molecule has 3 aromatic carbocycles. The SMILES string of the molecule is O=C1C(=O)N(c2ccc(OCc3ccccc3)cc2)C(c2cccs2)/C1=C(/O)c1ccc(Cl)c(Cl)c1. The summed E-state index contributed by atoms with van der Waals surface area (Å²) in [6, 6.07) is 24.2. The standard InChI is InChI=1S/C28H19Cl2NO4S/c29-21-13-8-18(15-22(21)30)26(32)24-25(23-7-4-14-36-23)31(28(34)27(24)33)19-9-11-20(12-10-19)35-16-17-5-2-1-3-6-17/h1-15,25,32H,16H2/b26-24-. The number of rotatable bonds is 6. The molecule has 0 spiro atoms. The van der Waals surface area contributed by atoms with E-state index in [1.807, 2.05) is 47.8 Å². The van der Waals surface area contributed by atoms with E-state index >= 15 is 0 Å². The van der Waals surface area contributed by atoms with Gasteiger partial charge in [0.25, 0.3) is 11.7 Å². The number of hydrogen-bond donors (Lipinski definition) is 1. The number of aliphatic hydroxyl groups is 1. The molecule has 1 aliphatic heterocycles. The van der Waals surface area contributed by atoms with E-state index < -0.39 is 17.7 Å². The van der Waals surface area contributed by atoms with Crippen molar-refractivity contribution in [3.05, 3.63) is 122 Å². The van der Waals surface area contributed by atoms with Crippen LogP contribution in [0.15, 0.2) is 95.9 Å². The summed E-state index contributed by atoms with van der Waals surface area (Å²) in [6.45, 7) is 0.406. The van der Waals surface area contributed by atoms with Crippen LogP contribution in [0.1, 0.15) is 22.0 Å². The number of halogens is 2. The van der Waals surface area contributed by atoms with Crippen molar-refractivity contribution in [1.82, 2.24) is 0 Å². The Balaban J connectivity index is 1.50. The first-order chi connectivity index (χ1) is 17.4. The third-order valence-electron chi connectivity index (χ3n) is 5.81. The lowest BCUT2D eigenvalue weighted by Gasteiger charge is -2.24. The molecule has 1 amide bonds. The molecular weight excluding hydrogens is 517 g/mol. The van der Waals surface area contributed by atoms with Crippen LogP contribution in [-0.4, -0.2) is 16.8 Å². The van der Waals surface area contributed by atoms with Gasteiger partial charge >= 0.3 is 0 Å². The number of thiophene rings is 1. The first-order valence-electron chi connectivity index (χ1n) is 11.0. The maximum absolute atomic E-state index is 13.2. The zero-order valence-electron chi connectivity index (χ0n) is 18.7. The van der Waals surface area contributed by atoms with Crippen molar-refractivity contribution in [2.45, 2.75) is 12.6 Å². The topological polar surface area (TPSA) is 66.8 Å². The van der Waals surface area contributed by atoms with E-state index in [4.69, 9.17) is 27.9 Å². The molecule has 1 aromatic heterocycles. The molecule has 5 rings (SSSR count). The fraction of sp³-hybridized carbons (Fsp3) is 0.0714. The lowest BCUT2D eigenvalue weighted by atomic mass is 9.99. The van der Waals surface area contributed by atoms with Gasteiger partial charge in [-0.05, 0) is 59.5 Å². The van der Waals surface area contributed by atoms with E-state index in [0.29, 0.717) is 28.6 Å². The van der Waals surface area contributed by atoms with Gasteiger partial charge in [-0.15, -0.1) is 11.3 Å². The quantitative estimate of drug-likeness (QED) is 0.160. The van der Waals surface area contributed by atoms with Crippen LogP contribution in [0.3, 0.4) is 0 Å². The average Bonchev–Trinajstić information content (AvgIpc) is 3.52. The molecule has 0 radical (unpaired) electrons. The fourth-order valence-corrected chi connectivity index (χ4v) is 5.18. The minimum Gasteiger partial charge on any atom is -0.507 e. The molecule has 1 saturated heterocycles. The molecule has 8 heteroatoms. The highest BCUT2D eigenvalue weighted by molar-refractivity contribution is 7.10. The van der Waals surface area contributed by atoms with Gasteiger partial charge in [-0.1, -0.05) is 59.6 Å². The Kier molecular flexibility index (Phi) is 6.83. The average molecular weight is 536 g/mol. The summed E-state index contributed by atoms with van der Waals surface area (Å²) >= 11 is 13.5. The van der Waals surface area contributed by atoms with Gasteiger partial charge in [0.15, 0.2) is 0 Å². The number of Topliss-reactive ketones (excluding diaryl/α,β-unsaturated/α-hetero) is 1. The summed E-state index contributed by atoms with van der Waals surface area (Å²) in [7, 11) is 0. The number of nitrogens with zero attached hydrogens (tertiary/aromatic N) is 1. The normalized spacial score (nSPS) is 16.9. The van der Waals surface area contributed by atoms with E-state index in [1.165, 1.54) is 28.4 Å². The zero-order chi connectivity index (χ0) is 25.2. The Morgan fingerprint density at radius 1 is 0.917 bits per heavy atom. The predicted octanol–water partition coefficient (Wildman–Crippen LogP) is 7.26. The lowest BCUT2D eigenvalue weighted by Crippen LogP contribution is -2.29. The number of hydrogen-bond acceptors (Lipinski definition) is 5. The first kappa shape index (κ1) is 24.1. The van der Waals surface area contributed by atoms with Crippen molar-refractivity contribution >= 4 is 57.7 Å². The van der Waals surface area contributed by atoms with Gasteiger partial charge in [-0.2, -0.15) is 0 Å². The molecule has 1 aliphatic rings. The molecule has 0 bridgehead atoms. The van der Waals surface area contributed by atoms with Crippen LogP contribution in [0.2, 0.25) is 10.0 Å². The van der Waals surface area contributed by atoms with Gasteiger partial charge in [0, 0.05) is 16.1 Å². The van der Waals surface area contributed by atoms with Gasteiger partial charge in [0.05, 0.1) is 15.6 Å². The van der Waals surface area contributed by atoms with Gasteiger partial charge < -0.3 is 9.84 Å². The predicted molar refractivity (Wildman–Crippen MR) is 143 cm³/mol. The Labute approximate surface area is 221 Å². The maximum atomic E-state index is 13.2. The molecule has 1 N–H and O–H groups in total. The zero-order valence-corrected chi connectivity index (χ0v) is 21.1. The minimum absolute atomic E-state index is 0.00903. The van der Waals surface area contributed by atoms with Crippen LogP contribution < -0.4 is 9.64 Å². The second kappa shape index (κ2) is 10.2. The van der Waals surface area contributed by atoms with Crippen LogP contribution in [0.25, 0.3) is 5.76 Å². The number of ketones is 1. The van der Waals surface area contributed by atoms with E-state index in [9.17, 15) is 14.7 Å². The summed E-state index contributed by atoms with van der Waals surface area (Å²) in [5.74, 6) is -1.19. The summed E-state index contributed by atoms with van der Waals surface area (Å²) in [4.78, 5) is 28.6. The third kappa shape index (κ3) is 4.63. The molecule has 5 nitrogen and oxygen atoms in total. The minimum atomic E-state index is -0.796. The Hall–Kier alpha value is -3.58. The number of amides is 1. The van der Waals surface area contributed by atoms with E-state index in [-0.39, 0.29) is 16.4 Å². The number of aliphatic hydroxyl groups excluding tert-OH is 1. The van der Waals surface area contributed by atoms with Crippen molar-refractivity contribution in [2.75, 3.05) is 4.90 Å². The van der Waals surface area contributed by atoms with Crippen LogP contribution >= 0.6 is 34.5 Å². The van der Waals surface area contributed by atoms with Crippen molar-refractivity contribution in [2.24, 2.45) is 0 Å². The van der Waals surface area contributed by atoms with Gasteiger partial charge in [0.1, 0.15) is 24.2 Å². The van der Waals surface area contributed by atoms with Crippen molar-refractivity contribution in [1.29, 1.82) is 0 Å². The molecule has 4 aromatic rings. The smallest absolute Gasteiger partial charge is 0.300 e. The molecule has 1 fully saturated rings. The van der Waals surface area contributed by atoms with E-state index in [2.05, 4.69) is 0 Å². The molecule has 0 aliphatic carbocycles. The molecule has 1 unspecified atom stereocenters. The second-order valence-corrected chi connectivity index (χ2v) is 9.88. The molecule has 2 heterocycles. The van der Waals surface area contributed by atoms with Crippen LogP contribution in [0, 0.1) is 0 Å². The second-order valence-electron chi connectivity index (χ2n) is 8.08. The molecule has 180 valence electrons. The Morgan fingerprint density at radius 3 is 2.33 bits per heavy atom. The molecular formula is C28H19Cl2NO4S. The Morgan fingerprint density at radius 2 is 1.67 bits per heavy atom. The number of anilines is 1. The highest BCUT2D eigenvalue weighted by Gasteiger charge is 2.47. The number of ether oxygens (including phenoxy) is 1. The van der Waals surface area contributed by atoms with Crippen molar-refractivity contribution in [3.63, 3.8) is 0 Å². The van der Waals surface area contributed by atoms with Gasteiger partial charge in [0.2, 0.25) is 0 Å². The summed E-state index contributed by atoms with van der Waals surface area (Å²) in [5.41, 5.74) is 1.84. The maximum Gasteiger partial charge on any atom is 0.300 e. The number of carbonyl (C=O) groups excluding carboxylic acids is 2. The number of benzene rings is 3. The highest BCUT2D eigenvalue weighted by atomic mass is 35.5. The van der Waals surface area contributed by atoms with E-state index in [0.717, 1.165) is 10.4 Å². The van der Waals surface area contributed by atoms with Gasteiger partial charge in [-0.25, -0.2) is 0 Å². The summed E-state index contributed by atoms with van der Waals surface area (Å²) in [6.07, 6.45) is 0. The largest absolute Gasteiger partial charge is 0.507 e. The number of carbonyl (C=O) groups is 2. The van der Waals surface area contributed by atoms with Gasteiger partial charge in [-0.3, -0.25) is 14.5 Å². The summed E-state index contributed by atoms with van der Waals surface area (Å²) < 4.78 is 5.85.